The fourth-order valence-corrected chi connectivity index (χ4v) is 6.63. The van der Waals surface area contributed by atoms with Gasteiger partial charge in [0.2, 0.25) is 5.88 Å². The Morgan fingerprint density at radius 2 is 1.55 bits per heavy atom. The zero-order valence-electron chi connectivity index (χ0n) is 24.5. The first kappa shape index (κ1) is 30.7. The van der Waals surface area contributed by atoms with Gasteiger partial charge in [0, 0.05) is 22.6 Å². The van der Waals surface area contributed by atoms with E-state index >= 15 is 0 Å². The Bertz CT molecular complexity index is 1680. The number of amides is 2. The van der Waals surface area contributed by atoms with Gasteiger partial charge in [-0.15, -0.1) is 0 Å². The zero-order valence-corrected chi connectivity index (χ0v) is 25.3. The van der Waals surface area contributed by atoms with Crippen LogP contribution >= 0.6 is 0 Å². The number of carbonyl (C=O) groups is 2. The molecule has 3 N–H and O–H groups in total. The van der Waals surface area contributed by atoms with Crippen molar-refractivity contribution in [2.45, 2.75) is 51.6 Å². The molecule has 0 aliphatic carbocycles. The summed E-state index contributed by atoms with van der Waals surface area (Å²) < 4.78 is 34.2. The molecule has 0 bridgehead atoms. The molecule has 2 amide bonds. The van der Waals surface area contributed by atoms with Crippen LogP contribution in [0.4, 0.5) is 5.88 Å². The molecular weight excluding hydrogens is 552 g/mol. The maximum atomic E-state index is 13.8. The predicted molar refractivity (Wildman–Crippen MR) is 162 cm³/mol. The molecule has 4 aromatic rings. The van der Waals surface area contributed by atoms with Crippen LogP contribution in [-0.4, -0.2) is 43.0 Å². The molecule has 9 nitrogen and oxygen atoms in total. The second kappa shape index (κ2) is 12.3. The number of quaternary nitrogens is 1. The van der Waals surface area contributed by atoms with Crippen molar-refractivity contribution in [3.05, 3.63) is 101 Å². The van der Waals surface area contributed by atoms with Crippen molar-refractivity contribution >= 4 is 27.7 Å². The second-order valence-corrected chi connectivity index (χ2v) is 12.7. The largest absolute Gasteiger partial charge is 0.364 e. The summed E-state index contributed by atoms with van der Waals surface area (Å²) in [6, 6.07) is 22.7. The van der Waals surface area contributed by atoms with Gasteiger partial charge in [-0.1, -0.05) is 91.8 Å². The van der Waals surface area contributed by atoms with E-state index in [1.54, 1.807) is 39.1 Å². The molecule has 4 rings (SSSR count). The van der Waals surface area contributed by atoms with Crippen molar-refractivity contribution in [2.24, 2.45) is 11.7 Å². The standard InChI is InChI=1S/C32H36N4O5S/c1-21(2)30(31(33)38)36(5,29(37)19-24-11-7-6-8-12-24)20-25-15-17-26(18-16-25)27-13-9-10-14-28(27)42(39,40)35-32-22(3)23(4)34-41-32/h6-18,21,30H,19-20H2,1-5H3,(H2-,33,34,35,38)/p+1/t30-,36?/m0/s1. The van der Waals surface area contributed by atoms with Crippen molar-refractivity contribution in [1.29, 1.82) is 0 Å². The molecule has 0 saturated carbocycles. The molecule has 10 heteroatoms. The second-order valence-electron chi connectivity index (χ2n) is 11.1. The number of aromatic nitrogens is 1. The lowest BCUT2D eigenvalue weighted by Crippen LogP contribution is -2.62. The number of anilines is 1. The molecule has 42 heavy (non-hydrogen) atoms. The number of carbonyl (C=O) groups excluding carboxylic acids is 2. The van der Waals surface area contributed by atoms with Crippen LogP contribution in [0.15, 0.2) is 88.3 Å². The van der Waals surface area contributed by atoms with Crippen LogP contribution in [0, 0.1) is 19.8 Å². The monoisotopic (exact) mass is 589 g/mol. The van der Waals surface area contributed by atoms with Gasteiger partial charge < -0.3 is 10.3 Å². The van der Waals surface area contributed by atoms with E-state index in [-0.39, 0.29) is 40.1 Å². The molecule has 0 fully saturated rings. The van der Waals surface area contributed by atoms with E-state index in [9.17, 15) is 18.0 Å². The van der Waals surface area contributed by atoms with Gasteiger partial charge >= 0.3 is 5.91 Å². The van der Waals surface area contributed by atoms with Crippen molar-refractivity contribution in [3.8, 4) is 11.1 Å². The molecule has 1 unspecified atom stereocenters. The van der Waals surface area contributed by atoms with Crippen LogP contribution in [0.5, 0.6) is 0 Å². The van der Waals surface area contributed by atoms with E-state index in [0.29, 0.717) is 22.4 Å². The average Bonchev–Trinajstić information content (AvgIpc) is 3.25. The van der Waals surface area contributed by atoms with Crippen molar-refractivity contribution in [1.82, 2.24) is 5.16 Å². The smallest absolute Gasteiger partial charge is 0.318 e. The number of nitrogens with two attached hydrogens (primary N) is 1. The number of hydrogen-bond donors (Lipinski definition) is 2. The first-order valence-electron chi connectivity index (χ1n) is 13.7. The fraction of sp³-hybridized carbons (Fsp3) is 0.281. The minimum absolute atomic E-state index is 0.0732. The summed E-state index contributed by atoms with van der Waals surface area (Å²) in [5, 5.41) is 3.83. The lowest BCUT2D eigenvalue weighted by atomic mass is 9.96. The minimum atomic E-state index is -3.99. The highest BCUT2D eigenvalue weighted by Crippen LogP contribution is 2.31. The number of aryl methyl sites for hydroxylation is 1. The molecule has 1 aromatic heterocycles. The molecule has 220 valence electrons. The Kier molecular flexibility index (Phi) is 8.98. The minimum Gasteiger partial charge on any atom is -0.364 e. The van der Waals surface area contributed by atoms with Gasteiger partial charge in [0.15, 0.2) is 6.04 Å². The third-order valence-corrected chi connectivity index (χ3v) is 9.03. The van der Waals surface area contributed by atoms with E-state index in [0.717, 1.165) is 11.1 Å². The van der Waals surface area contributed by atoms with Crippen LogP contribution in [-0.2, 0) is 32.6 Å². The molecular formula is C32H37N4O5S+. The number of nitrogens with zero attached hydrogens (tertiary/aromatic N) is 2. The van der Waals surface area contributed by atoms with Crippen LogP contribution < -0.4 is 10.5 Å². The molecule has 0 radical (unpaired) electrons. The highest BCUT2D eigenvalue weighted by Gasteiger charge is 2.45. The summed E-state index contributed by atoms with van der Waals surface area (Å²) in [6.45, 7) is 7.48. The summed E-state index contributed by atoms with van der Waals surface area (Å²) >= 11 is 0. The Hall–Kier alpha value is -4.28. The number of sulfonamides is 1. The Balaban J connectivity index is 1.66. The normalized spacial score (nSPS) is 13.9. The number of likely N-dealkylation sites (N-methyl/N-ethyl adjacent to an activating group) is 1. The first-order valence-corrected chi connectivity index (χ1v) is 15.2. The van der Waals surface area contributed by atoms with Crippen molar-refractivity contribution in [2.75, 3.05) is 11.8 Å². The highest BCUT2D eigenvalue weighted by molar-refractivity contribution is 7.92. The maximum Gasteiger partial charge on any atom is 0.318 e. The van der Waals surface area contributed by atoms with Gasteiger partial charge in [0.1, 0.15) is 6.54 Å². The Labute approximate surface area is 247 Å². The van der Waals surface area contributed by atoms with Gasteiger partial charge in [0.05, 0.1) is 24.1 Å². The highest BCUT2D eigenvalue weighted by atomic mass is 32.2. The lowest BCUT2D eigenvalue weighted by molar-refractivity contribution is -0.867. The molecule has 0 aliphatic rings. The Morgan fingerprint density at radius 3 is 2.12 bits per heavy atom. The quantitative estimate of drug-likeness (QED) is 0.237. The summed E-state index contributed by atoms with van der Waals surface area (Å²) in [5.41, 5.74) is 9.90. The van der Waals surface area contributed by atoms with Gasteiger partial charge in [-0.3, -0.25) is 4.79 Å². The fourth-order valence-electron chi connectivity index (χ4n) is 5.36. The molecule has 2 atom stereocenters. The number of benzene rings is 3. The van der Waals surface area contributed by atoms with Gasteiger partial charge in [-0.25, -0.2) is 22.4 Å². The average molecular weight is 590 g/mol. The third kappa shape index (κ3) is 6.45. The number of nitrogens with one attached hydrogen (secondary N) is 1. The molecule has 0 saturated heterocycles. The number of hydrogen-bond acceptors (Lipinski definition) is 6. The van der Waals surface area contributed by atoms with E-state index < -0.39 is 22.0 Å². The summed E-state index contributed by atoms with van der Waals surface area (Å²) in [4.78, 5) is 26.5. The molecule has 0 aliphatic heterocycles. The summed E-state index contributed by atoms with van der Waals surface area (Å²) in [5.74, 6) is -0.755. The maximum absolute atomic E-state index is 13.8. The van der Waals surface area contributed by atoms with Crippen molar-refractivity contribution < 1.29 is 27.0 Å². The molecule has 1 heterocycles. The predicted octanol–water partition coefficient (Wildman–Crippen LogP) is 4.99. The topological polar surface area (TPSA) is 132 Å². The van der Waals surface area contributed by atoms with Crippen LogP contribution in [0.1, 0.15) is 36.2 Å². The van der Waals surface area contributed by atoms with Crippen LogP contribution in [0.25, 0.3) is 11.1 Å². The van der Waals surface area contributed by atoms with Gasteiger partial charge in [0.25, 0.3) is 15.9 Å². The van der Waals surface area contributed by atoms with E-state index in [1.807, 2.05) is 68.4 Å². The summed E-state index contributed by atoms with van der Waals surface area (Å²) in [6.07, 6.45) is 0.161. The number of primary amides is 1. The summed E-state index contributed by atoms with van der Waals surface area (Å²) in [7, 11) is -2.24. The Morgan fingerprint density at radius 1 is 0.929 bits per heavy atom. The third-order valence-electron chi connectivity index (χ3n) is 7.64. The number of rotatable bonds is 11. The molecule has 0 spiro atoms. The molecule has 3 aromatic carbocycles. The van der Waals surface area contributed by atoms with Gasteiger partial charge in [-0.2, -0.15) is 0 Å². The van der Waals surface area contributed by atoms with E-state index in [4.69, 9.17) is 10.3 Å². The van der Waals surface area contributed by atoms with Crippen molar-refractivity contribution in [3.63, 3.8) is 0 Å². The van der Waals surface area contributed by atoms with Crippen LogP contribution in [0.3, 0.4) is 0 Å². The lowest BCUT2D eigenvalue weighted by Gasteiger charge is -2.39. The first-order chi connectivity index (χ1) is 19.8. The SMILES string of the molecule is Cc1noc(NS(=O)(=O)c2ccccc2-c2ccc(C[N+](C)(C(=O)Cc3ccccc3)[C@H](C(N)=O)C(C)C)cc2)c1C. The van der Waals surface area contributed by atoms with E-state index in [2.05, 4.69) is 9.88 Å². The zero-order chi connectivity index (χ0) is 30.7. The van der Waals surface area contributed by atoms with Crippen LogP contribution in [0.2, 0.25) is 0 Å². The van der Waals surface area contributed by atoms with E-state index in [1.165, 1.54) is 6.07 Å². The van der Waals surface area contributed by atoms with Gasteiger partial charge in [-0.05, 0) is 31.0 Å².